The van der Waals surface area contributed by atoms with Crippen molar-refractivity contribution in [3.05, 3.63) is 59.5 Å². The molecule has 188 valence electrons. The number of aryl methyl sites for hydroxylation is 1. The van der Waals surface area contributed by atoms with Crippen molar-refractivity contribution in [2.45, 2.75) is 38.0 Å². The fraction of sp³-hybridized carbons (Fsp3) is 0.360. The van der Waals surface area contributed by atoms with E-state index in [-0.39, 0.29) is 30.8 Å². The van der Waals surface area contributed by atoms with E-state index in [1.807, 2.05) is 54.3 Å². The molecule has 3 heterocycles. The molecule has 2 amide bonds. The smallest absolute Gasteiger partial charge is 0.412 e. The molecule has 3 aromatic rings. The number of nitrogens with two attached hydrogens (primary N) is 1. The van der Waals surface area contributed by atoms with Gasteiger partial charge >= 0.3 is 6.09 Å². The molecule has 2 aromatic heterocycles. The van der Waals surface area contributed by atoms with Gasteiger partial charge < -0.3 is 14.9 Å². The zero-order valence-electron chi connectivity index (χ0n) is 20.0. The van der Waals surface area contributed by atoms with Crippen LogP contribution in [-0.4, -0.2) is 53.1 Å². The number of carbonyl (C=O) groups excluding carboxylic acids is 2. The number of nitrogens with zero attached hydrogens (tertiary/aromatic N) is 4. The lowest BCUT2D eigenvalue weighted by Crippen LogP contribution is -2.54. The number of hydrogen-bond acceptors (Lipinski definition) is 7. The number of aromatic nitrogens is 2. The predicted octanol–water partition coefficient (Wildman–Crippen LogP) is 3.58. The second-order valence-corrected chi connectivity index (χ2v) is 8.82. The van der Waals surface area contributed by atoms with Gasteiger partial charge in [0.2, 0.25) is 0 Å². The van der Waals surface area contributed by atoms with E-state index in [4.69, 9.17) is 10.2 Å². The molecule has 1 aromatic carbocycles. The van der Waals surface area contributed by atoms with Crippen LogP contribution in [0.1, 0.15) is 34.5 Å². The summed E-state index contributed by atoms with van der Waals surface area (Å²) >= 11 is 0. The quantitative estimate of drug-likeness (QED) is 0.512. The molecule has 1 fully saturated rings. The van der Waals surface area contributed by atoms with Crippen molar-refractivity contribution >= 4 is 17.8 Å². The Labute approximate surface area is 207 Å². The zero-order valence-corrected chi connectivity index (χ0v) is 20.0. The van der Waals surface area contributed by atoms with Crippen LogP contribution in [0.4, 0.5) is 15.0 Å². The summed E-state index contributed by atoms with van der Waals surface area (Å²) in [5, 5.41) is 16.0. The molecule has 0 aliphatic carbocycles. The van der Waals surface area contributed by atoms with Crippen LogP contribution in [0.25, 0.3) is 11.3 Å². The largest absolute Gasteiger partial charge is 0.461 e. The van der Waals surface area contributed by atoms with Crippen molar-refractivity contribution in [2.75, 3.05) is 25.5 Å². The SMILES string of the molecule is COC(=O)Nc1nn(C2(CC#N)CCN(Cc3ccc(-c4ccc(C)o4)cc3)CC2F)cc1C(N)=O. The van der Waals surface area contributed by atoms with Gasteiger partial charge in [0.15, 0.2) is 5.82 Å². The first kappa shape index (κ1) is 24.9. The summed E-state index contributed by atoms with van der Waals surface area (Å²) in [6, 6.07) is 13.8. The van der Waals surface area contributed by atoms with Crippen LogP contribution in [0, 0.1) is 18.3 Å². The molecule has 4 rings (SSSR count). The Morgan fingerprint density at radius 3 is 2.67 bits per heavy atom. The van der Waals surface area contributed by atoms with Gasteiger partial charge in [0.25, 0.3) is 5.91 Å². The molecule has 2 unspecified atom stereocenters. The number of nitriles is 1. The molecule has 11 heteroatoms. The van der Waals surface area contributed by atoms with Crippen molar-refractivity contribution in [2.24, 2.45) is 5.73 Å². The van der Waals surface area contributed by atoms with E-state index in [1.165, 1.54) is 10.9 Å². The topological polar surface area (TPSA) is 139 Å². The molecule has 0 radical (unpaired) electrons. The molecular formula is C25H27FN6O4. The van der Waals surface area contributed by atoms with Crippen molar-refractivity contribution in [3.63, 3.8) is 0 Å². The van der Waals surface area contributed by atoms with Crippen LogP contribution < -0.4 is 11.1 Å². The third kappa shape index (κ3) is 4.94. The predicted molar refractivity (Wildman–Crippen MR) is 129 cm³/mol. The molecule has 1 saturated heterocycles. The molecule has 3 N–H and O–H groups in total. The molecule has 2 atom stereocenters. The Morgan fingerprint density at radius 1 is 1.33 bits per heavy atom. The summed E-state index contributed by atoms with van der Waals surface area (Å²) < 4.78 is 27.3. The van der Waals surface area contributed by atoms with Crippen LogP contribution in [-0.2, 0) is 16.8 Å². The fourth-order valence-electron chi connectivity index (χ4n) is 4.46. The number of likely N-dealkylation sites (tertiary alicyclic amines) is 1. The highest BCUT2D eigenvalue weighted by atomic mass is 19.1. The molecule has 36 heavy (non-hydrogen) atoms. The van der Waals surface area contributed by atoms with Gasteiger partial charge in [-0.25, -0.2) is 9.18 Å². The minimum absolute atomic E-state index is 0.0618. The molecule has 1 aliphatic heterocycles. The van der Waals surface area contributed by atoms with Crippen LogP contribution in [0.2, 0.25) is 0 Å². The van der Waals surface area contributed by atoms with E-state index >= 15 is 4.39 Å². The Bertz CT molecular complexity index is 1290. The summed E-state index contributed by atoms with van der Waals surface area (Å²) in [4.78, 5) is 25.5. The number of carbonyl (C=O) groups is 2. The van der Waals surface area contributed by atoms with Crippen LogP contribution in [0.5, 0.6) is 0 Å². The Kier molecular flexibility index (Phi) is 7.07. The number of amides is 2. The van der Waals surface area contributed by atoms with Gasteiger partial charge in [-0.1, -0.05) is 24.3 Å². The number of furan rings is 1. The Morgan fingerprint density at radius 2 is 2.08 bits per heavy atom. The average Bonchev–Trinajstić information content (AvgIpc) is 3.48. The lowest BCUT2D eigenvalue weighted by molar-refractivity contribution is 0.00694. The number of nitrogens with one attached hydrogen (secondary N) is 1. The number of anilines is 1. The van der Waals surface area contributed by atoms with E-state index in [9.17, 15) is 14.9 Å². The van der Waals surface area contributed by atoms with E-state index < -0.39 is 23.7 Å². The van der Waals surface area contributed by atoms with Crippen molar-refractivity contribution in [1.29, 1.82) is 5.26 Å². The summed E-state index contributed by atoms with van der Waals surface area (Å²) in [6.07, 6.45) is -0.943. The van der Waals surface area contributed by atoms with Gasteiger partial charge in [-0.3, -0.25) is 19.7 Å². The standard InChI is InChI=1S/C25H27FN6O4/c1-16-3-8-20(36-16)18-6-4-17(5-7-18)13-31-12-10-25(9-11-27,21(26)15-31)32-14-19(22(28)33)23(30-32)29-24(34)35-2/h3-8,14,21H,9-10,12-13,15H2,1-2H3,(H2,28,33)(H,29,30,34). The van der Waals surface area contributed by atoms with Crippen LogP contribution in [0.3, 0.4) is 0 Å². The van der Waals surface area contributed by atoms with Gasteiger partial charge in [-0.2, -0.15) is 10.4 Å². The lowest BCUT2D eigenvalue weighted by atomic mass is 9.83. The number of methoxy groups -OCH3 is 1. The first-order valence-electron chi connectivity index (χ1n) is 11.4. The fourth-order valence-corrected chi connectivity index (χ4v) is 4.46. The van der Waals surface area contributed by atoms with Crippen molar-refractivity contribution in [3.8, 4) is 17.4 Å². The minimum atomic E-state index is -1.47. The summed E-state index contributed by atoms with van der Waals surface area (Å²) in [5.41, 5.74) is 5.99. The number of alkyl halides is 1. The van der Waals surface area contributed by atoms with Gasteiger partial charge in [0.05, 0.1) is 19.6 Å². The first-order chi connectivity index (χ1) is 17.3. The lowest BCUT2D eigenvalue weighted by Gasteiger charge is -2.43. The number of rotatable bonds is 7. The molecule has 1 aliphatic rings. The van der Waals surface area contributed by atoms with E-state index in [0.717, 1.165) is 29.8 Å². The number of primary amides is 1. The maximum atomic E-state index is 15.8. The molecule has 0 saturated carbocycles. The van der Waals surface area contributed by atoms with Gasteiger partial charge in [-0.05, 0) is 31.0 Å². The highest BCUT2D eigenvalue weighted by Crippen LogP contribution is 2.37. The van der Waals surface area contributed by atoms with E-state index in [2.05, 4.69) is 15.2 Å². The molecule has 10 nitrogen and oxygen atoms in total. The van der Waals surface area contributed by atoms with Gasteiger partial charge in [-0.15, -0.1) is 0 Å². The number of piperidine rings is 1. The Hall–Kier alpha value is -4.17. The first-order valence-corrected chi connectivity index (χ1v) is 11.4. The molecule has 0 spiro atoms. The summed E-state index contributed by atoms with van der Waals surface area (Å²) in [5.74, 6) is 0.636. The van der Waals surface area contributed by atoms with Gasteiger partial charge in [0, 0.05) is 31.4 Å². The zero-order chi connectivity index (χ0) is 25.9. The second-order valence-electron chi connectivity index (χ2n) is 8.82. The number of hydrogen-bond donors (Lipinski definition) is 2. The summed E-state index contributed by atoms with van der Waals surface area (Å²) in [7, 11) is 1.16. The van der Waals surface area contributed by atoms with Crippen LogP contribution in [0.15, 0.2) is 47.0 Å². The van der Waals surface area contributed by atoms with Crippen molar-refractivity contribution in [1.82, 2.24) is 14.7 Å². The molecule has 0 bridgehead atoms. The number of ether oxygens (including phenoxy) is 1. The number of benzene rings is 1. The van der Waals surface area contributed by atoms with E-state index in [0.29, 0.717) is 13.1 Å². The average molecular weight is 495 g/mol. The normalized spacial score (nSPS) is 20.0. The van der Waals surface area contributed by atoms with Crippen molar-refractivity contribution < 1.29 is 23.1 Å². The maximum absolute atomic E-state index is 15.8. The van der Waals surface area contributed by atoms with E-state index in [1.54, 1.807) is 0 Å². The number of halogens is 1. The molecular weight excluding hydrogens is 467 g/mol. The third-order valence-electron chi connectivity index (χ3n) is 6.47. The van der Waals surface area contributed by atoms with Gasteiger partial charge in [0.1, 0.15) is 28.8 Å². The van der Waals surface area contributed by atoms with Crippen LogP contribution >= 0.6 is 0 Å². The highest BCUT2D eigenvalue weighted by Gasteiger charge is 2.46. The monoisotopic (exact) mass is 494 g/mol. The minimum Gasteiger partial charge on any atom is -0.461 e. The summed E-state index contributed by atoms with van der Waals surface area (Å²) in [6.45, 7) is 2.97. The highest BCUT2D eigenvalue weighted by molar-refractivity contribution is 6.00. The third-order valence-corrected chi connectivity index (χ3v) is 6.47. The maximum Gasteiger partial charge on any atom is 0.412 e. The second kappa shape index (κ2) is 10.2. The Balaban J connectivity index is 1.51.